The molecule has 1 rings (SSSR count). The Hall–Kier alpha value is -2.11. The summed E-state index contributed by atoms with van der Waals surface area (Å²) in [6.07, 6.45) is 0.723. The van der Waals surface area contributed by atoms with Crippen LogP contribution in [0.4, 0.5) is 5.69 Å². The molecule has 0 aliphatic heterocycles. The highest BCUT2D eigenvalue weighted by Gasteiger charge is 2.25. The van der Waals surface area contributed by atoms with Gasteiger partial charge in [0.1, 0.15) is 5.56 Å². The van der Waals surface area contributed by atoms with Gasteiger partial charge in [0, 0.05) is 6.07 Å². The molecule has 0 aliphatic carbocycles. The van der Waals surface area contributed by atoms with Crippen molar-refractivity contribution in [3.63, 3.8) is 0 Å². The number of nitrogen functional groups attached to an aromatic ring is 1. The predicted octanol–water partition coefficient (Wildman–Crippen LogP) is 1.86. The van der Waals surface area contributed by atoms with Crippen LogP contribution in [0.3, 0.4) is 0 Å². The largest absolute Gasteiger partial charge is 0.493 e. The molecule has 2 N–H and O–H groups in total. The van der Waals surface area contributed by atoms with Gasteiger partial charge in [-0.05, 0) is 6.42 Å². The van der Waals surface area contributed by atoms with E-state index < -0.39 is 5.97 Å². The monoisotopic (exact) mass is 269 g/mol. The van der Waals surface area contributed by atoms with E-state index in [0.29, 0.717) is 18.1 Å². The molecule has 106 valence electrons. The average Bonchev–Trinajstić information content (AvgIpc) is 2.42. The maximum atomic E-state index is 12.0. The van der Waals surface area contributed by atoms with Crippen LogP contribution in [0.15, 0.2) is 6.07 Å². The first-order chi connectivity index (χ1) is 9.10. The van der Waals surface area contributed by atoms with Gasteiger partial charge in [0.2, 0.25) is 5.75 Å². The number of anilines is 1. The van der Waals surface area contributed by atoms with E-state index in [9.17, 15) is 4.79 Å². The SMILES string of the molecule is CCCOC(=O)c1c(N)cc(OC)c(OC)c1OC. The molecule has 6 nitrogen and oxygen atoms in total. The fourth-order valence-electron chi connectivity index (χ4n) is 1.65. The van der Waals surface area contributed by atoms with Crippen molar-refractivity contribution >= 4 is 11.7 Å². The Morgan fingerprint density at radius 3 is 2.26 bits per heavy atom. The molecule has 0 bridgehead atoms. The lowest BCUT2D eigenvalue weighted by Gasteiger charge is -2.17. The molecule has 0 saturated carbocycles. The van der Waals surface area contributed by atoms with Crippen LogP contribution >= 0.6 is 0 Å². The molecule has 0 amide bonds. The van der Waals surface area contributed by atoms with E-state index in [2.05, 4.69) is 0 Å². The van der Waals surface area contributed by atoms with Gasteiger partial charge in [0.05, 0.1) is 33.6 Å². The molecule has 0 radical (unpaired) electrons. The van der Waals surface area contributed by atoms with E-state index in [4.69, 9.17) is 24.7 Å². The van der Waals surface area contributed by atoms with Gasteiger partial charge in [-0.15, -0.1) is 0 Å². The second-order valence-corrected chi connectivity index (χ2v) is 3.75. The third-order valence-corrected chi connectivity index (χ3v) is 2.50. The Labute approximate surface area is 112 Å². The van der Waals surface area contributed by atoms with E-state index in [0.717, 1.165) is 6.42 Å². The Morgan fingerprint density at radius 1 is 1.16 bits per heavy atom. The van der Waals surface area contributed by atoms with E-state index >= 15 is 0 Å². The lowest BCUT2D eigenvalue weighted by molar-refractivity contribution is 0.0502. The van der Waals surface area contributed by atoms with Crippen molar-refractivity contribution in [3.8, 4) is 17.2 Å². The zero-order valence-electron chi connectivity index (χ0n) is 11.6. The lowest BCUT2D eigenvalue weighted by atomic mass is 10.1. The van der Waals surface area contributed by atoms with Crippen LogP contribution in [0.2, 0.25) is 0 Å². The summed E-state index contributed by atoms with van der Waals surface area (Å²) >= 11 is 0. The summed E-state index contributed by atoms with van der Waals surface area (Å²) in [6.45, 7) is 2.22. The number of rotatable bonds is 6. The Kier molecular flexibility index (Phi) is 5.29. The zero-order chi connectivity index (χ0) is 14.4. The minimum Gasteiger partial charge on any atom is -0.493 e. The first-order valence-electron chi connectivity index (χ1n) is 5.86. The number of esters is 1. The zero-order valence-corrected chi connectivity index (χ0v) is 11.6. The Bertz CT molecular complexity index is 459. The highest BCUT2D eigenvalue weighted by Crippen LogP contribution is 2.43. The van der Waals surface area contributed by atoms with Gasteiger partial charge in [0.15, 0.2) is 11.5 Å². The van der Waals surface area contributed by atoms with Crippen LogP contribution in [0.1, 0.15) is 23.7 Å². The second-order valence-electron chi connectivity index (χ2n) is 3.75. The van der Waals surface area contributed by atoms with Gasteiger partial charge in [-0.25, -0.2) is 4.79 Å². The second kappa shape index (κ2) is 6.72. The Morgan fingerprint density at radius 2 is 1.79 bits per heavy atom. The summed E-state index contributed by atoms with van der Waals surface area (Å²) < 4.78 is 20.6. The van der Waals surface area contributed by atoms with Gasteiger partial charge < -0.3 is 24.7 Å². The number of methoxy groups -OCH3 is 3. The van der Waals surface area contributed by atoms with Crippen LogP contribution in [0.25, 0.3) is 0 Å². The molecule has 6 heteroatoms. The minimum atomic E-state index is -0.544. The van der Waals surface area contributed by atoms with Crippen molar-refractivity contribution in [2.75, 3.05) is 33.7 Å². The molecule has 0 aliphatic rings. The van der Waals surface area contributed by atoms with E-state index in [1.54, 1.807) is 0 Å². The van der Waals surface area contributed by atoms with Gasteiger partial charge in [-0.3, -0.25) is 0 Å². The topological polar surface area (TPSA) is 80.0 Å². The minimum absolute atomic E-state index is 0.147. The average molecular weight is 269 g/mol. The normalized spacial score (nSPS) is 9.89. The number of carbonyl (C=O) groups excluding carboxylic acids is 1. The number of ether oxygens (including phenoxy) is 4. The van der Waals surface area contributed by atoms with Crippen LogP contribution in [0, 0.1) is 0 Å². The summed E-state index contributed by atoms with van der Waals surface area (Å²) in [5.74, 6) is 0.365. The van der Waals surface area contributed by atoms with E-state index in [-0.39, 0.29) is 17.0 Å². The maximum Gasteiger partial charge on any atom is 0.344 e. The lowest BCUT2D eigenvalue weighted by Crippen LogP contribution is -2.12. The summed E-state index contributed by atoms with van der Waals surface area (Å²) in [7, 11) is 4.36. The van der Waals surface area contributed by atoms with Gasteiger partial charge in [0.25, 0.3) is 0 Å². The summed E-state index contributed by atoms with van der Waals surface area (Å²) in [5, 5.41) is 0. The third kappa shape index (κ3) is 3.01. The molecule has 1 aromatic carbocycles. The smallest absolute Gasteiger partial charge is 0.344 e. The summed E-state index contributed by atoms with van der Waals surface area (Å²) in [4.78, 5) is 12.0. The molecule has 1 aromatic rings. The van der Waals surface area contributed by atoms with Gasteiger partial charge >= 0.3 is 5.97 Å². The van der Waals surface area contributed by atoms with Crippen molar-refractivity contribution in [2.24, 2.45) is 0 Å². The van der Waals surface area contributed by atoms with Gasteiger partial charge in [-0.1, -0.05) is 6.92 Å². The number of hydrogen-bond donors (Lipinski definition) is 1. The highest BCUT2D eigenvalue weighted by atomic mass is 16.5. The molecular weight excluding hydrogens is 250 g/mol. The fraction of sp³-hybridized carbons (Fsp3) is 0.462. The number of hydrogen-bond acceptors (Lipinski definition) is 6. The highest BCUT2D eigenvalue weighted by molar-refractivity contribution is 6.00. The van der Waals surface area contributed by atoms with Crippen LogP contribution in [-0.4, -0.2) is 33.9 Å². The summed E-state index contributed by atoms with van der Waals surface area (Å²) in [5.41, 5.74) is 6.22. The Balaban J connectivity index is 3.33. The van der Waals surface area contributed by atoms with E-state index in [1.165, 1.54) is 27.4 Å². The molecule has 0 saturated heterocycles. The van der Waals surface area contributed by atoms with E-state index in [1.807, 2.05) is 6.92 Å². The quantitative estimate of drug-likeness (QED) is 0.627. The molecule has 19 heavy (non-hydrogen) atoms. The molecule has 0 unspecified atom stereocenters. The predicted molar refractivity (Wildman–Crippen MR) is 71.1 cm³/mol. The van der Waals surface area contributed by atoms with Crippen LogP contribution in [0.5, 0.6) is 17.2 Å². The molecule has 0 aromatic heterocycles. The molecule has 0 spiro atoms. The van der Waals surface area contributed by atoms with Crippen LogP contribution < -0.4 is 19.9 Å². The first-order valence-corrected chi connectivity index (χ1v) is 5.86. The molecule has 0 fully saturated rings. The number of benzene rings is 1. The molecule has 0 heterocycles. The molecule has 0 atom stereocenters. The maximum absolute atomic E-state index is 12.0. The van der Waals surface area contributed by atoms with Crippen molar-refractivity contribution in [3.05, 3.63) is 11.6 Å². The standard InChI is InChI=1S/C13H19NO5/c1-5-6-19-13(15)10-8(14)7-9(16-2)11(17-3)12(10)18-4/h7H,5-6,14H2,1-4H3. The summed E-state index contributed by atoms with van der Waals surface area (Å²) in [6, 6.07) is 1.50. The third-order valence-electron chi connectivity index (χ3n) is 2.50. The fourth-order valence-corrected chi connectivity index (χ4v) is 1.65. The van der Waals surface area contributed by atoms with Crippen molar-refractivity contribution in [2.45, 2.75) is 13.3 Å². The van der Waals surface area contributed by atoms with Crippen molar-refractivity contribution in [1.29, 1.82) is 0 Å². The number of carbonyl (C=O) groups is 1. The van der Waals surface area contributed by atoms with Crippen molar-refractivity contribution < 1.29 is 23.7 Å². The first kappa shape index (κ1) is 14.9. The molecular formula is C13H19NO5. The van der Waals surface area contributed by atoms with Crippen LogP contribution in [-0.2, 0) is 4.74 Å². The van der Waals surface area contributed by atoms with Gasteiger partial charge in [-0.2, -0.15) is 0 Å². The number of nitrogens with two attached hydrogens (primary N) is 1. The van der Waals surface area contributed by atoms with Crippen molar-refractivity contribution in [1.82, 2.24) is 0 Å².